The van der Waals surface area contributed by atoms with E-state index in [4.69, 9.17) is 0 Å². The van der Waals surface area contributed by atoms with Crippen LogP contribution in [0.15, 0.2) is 23.8 Å². The second-order valence-electron chi connectivity index (χ2n) is 4.47. The highest BCUT2D eigenvalue weighted by molar-refractivity contribution is 5.28. The number of allylic oxidation sites excluding steroid dienone is 3. The van der Waals surface area contributed by atoms with Crippen molar-refractivity contribution in [1.82, 2.24) is 5.32 Å². The maximum atomic E-state index is 12.4. The lowest BCUT2D eigenvalue weighted by molar-refractivity contribution is -0.0887. The van der Waals surface area contributed by atoms with Crippen LogP contribution in [-0.2, 0) is 0 Å². The first-order valence-electron chi connectivity index (χ1n) is 5.76. The molecule has 1 nitrogen and oxygen atoms in total. The Morgan fingerprint density at radius 2 is 2.06 bits per heavy atom. The topological polar surface area (TPSA) is 12.0 Å². The summed E-state index contributed by atoms with van der Waals surface area (Å²) in [6, 6.07) is 0.357. The zero-order valence-corrected chi connectivity index (χ0v) is 9.06. The number of rotatable bonds is 1. The molecule has 1 heterocycles. The molecule has 0 saturated carbocycles. The number of alkyl halides is 3. The van der Waals surface area contributed by atoms with Gasteiger partial charge in [-0.3, -0.25) is 0 Å². The third-order valence-electron chi connectivity index (χ3n) is 3.33. The van der Waals surface area contributed by atoms with Crippen LogP contribution in [0.1, 0.15) is 25.7 Å². The predicted molar refractivity (Wildman–Crippen MR) is 57.0 cm³/mol. The second kappa shape index (κ2) is 4.62. The molecule has 2 atom stereocenters. The molecule has 0 aromatic rings. The van der Waals surface area contributed by atoms with E-state index in [-0.39, 0.29) is 5.92 Å². The van der Waals surface area contributed by atoms with Gasteiger partial charge in [0.1, 0.15) is 0 Å². The Labute approximate surface area is 93.4 Å². The molecule has 0 aromatic heterocycles. The summed E-state index contributed by atoms with van der Waals surface area (Å²) in [5.41, 5.74) is -0.500. The van der Waals surface area contributed by atoms with E-state index in [2.05, 4.69) is 5.32 Å². The van der Waals surface area contributed by atoms with E-state index < -0.39 is 11.7 Å². The van der Waals surface area contributed by atoms with Crippen LogP contribution in [0.4, 0.5) is 13.2 Å². The standard InChI is InChI=1S/C12H16F3N/c13-12(14,15)10-6-4-9(5-7-10)11-3-1-2-8-16-11/h4,6-7,9,11,16H,1-3,5,8H2/t9?,11-/m1/s1. The molecule has 1 unspecified atom stereocenters. The highest BCUT2D eigenvalue weighted by Gasteiger charge is 2.34. The second-order valence-corrected chi connectivity index (χ2v) is 4.47. The minimum absolute atomic E-state index is 0.228. The van der Waals surface area contributed by atoms with E-state index in [0.717, 1.165) is 13.0 Å². The minimum atomic E-state index is -4.19. The Bertz CT molecular complexity index is 298. The van der Waals surface area contributed by atoms with Crippen molar-refractivity contribution in [3.05, 3.63) is 23.8 Å². The molecular formula is C12H16F3N. The van der Waals surface area contributed by atoms with Crippen LogP contribution < -0.4 is 5.32 Å². The van der Waals surface area contributed by atoms with E-state index in [1.165, 1.54) is 25.0 Å². The smallest absolute Gasteiger partial charge is 0.313 e. The molecule has 0 bridgehead atoms. The molecule has 2 rings (SSSR count). The Balaban J connectivity index is 1.94. The SMILES string of the molecule is FC(F)(F)C1=CCC([C@H]2CCCCN2)C=C1. The van der Waals surface area contributed by atoms with Gasteiger partial charge in [-0.25, -0.2) is 0 Å². The average molecular weight is 231 g/mol. The lowest BCUT2D eigenvalue weighted by Crippen LogP contribution is -2.39. The zero-order chi connectivity index (χ0) is 11.6. The zero-order valence-electron chi connectivity index (χ0n) is 9.06. The average Bonchev–Trinajstić information content (AvgIpc) is 2.29. The first kappa shape index (κ1) is 11.7. The van der Waals surface area contributed by atoms with Crippen LogP contribution in [0.25, 0.3) is 0 Å². The van der Waals surface area contributed by atoms with Crippen LogP contribution in [0, 0.1) is 5.92 Å². The van der Waals surface area contributed by atoms with Gasteiger partial charge in [-0.2, -0.15) is 13.2 Å². The van der Waals surface area contributed by atoms with Crippen molar-refractivity contribution in [3.63, 3.8) is 0 Å². The number of piperidine rings is 1. The molecule has 1 fully saturated rings. The molecule has 0 spiro atoms. The first-order chi connectivity index (χ1) is 7.57. The molecule has 1 N–H and O–H groups in total. The molecule has 1 aliphatic carbocycles. The van der Waals surface area contributed by atoms with Crippen LogP contribution >= 0.6 is 0 Å². The Kier molecular flexibility index (Phi) is 3.38. The van der Waals surface area contributed by atoms with Gasteiger partial charge in [0, 0.05) is 6.04 Å². The highest BCUT2D eigenvalue weighted by atomic mass is 19.4. The van der Waals surface area contributed by atoms with E-state index >= 15 is 0 Å². The van der Waals surface area contributed by atoms with Crippen molar-refractivity contribution < 1.29 is 13.2 Å². The van der Waals surface area contributed by atoms with Crippen molar-refractivity contribution in [2.45, 2.75) is 37.9 Å². The molecule has 0 amide bonds. The summed E-state index contributed by atoms with van der Waals surface area (Å²) < 4.78 is 37.1. The number of hydrogen-bond donors (Lipinski definition) is 1. The fourth-order valence-corrected chi connectivity index (χ4v) is 2.39. The van der Waals surface area contributed by atoms with Gasteiger partial charge in [-0.05, 0) is 31.7 Å². The maximum absolute atomic E-state index is 12.4. The summed E-state index contributed by atoms with van der Waals surface area (Å²) in [4.78, 5) is 0. The lowest BCUT2D eigenvalue weighted by atomic mass is 9.86. The van der Waals surface area contributed by atoms with Crippen molar-refractivity contribution in [3.8, 4) is 0 Å². The van der Waals surface area contributed by atoms with Gasteiger partial charge in [-0.15, -0.1) is 0 Å². The highest BCUT2D eigenvalue weighted by Crippen LogP contribution is 2.32. The van der Waals surface area contributed by atoms with Gasteiger partial charge in [0.2, 0.25) is 0 Å². The van der Waals surface area contributed by atoms with Crippen LogP contribution in [-0.4, -0.2) is 18.8 Å². The Hall–Kier alpha value is -0.770. The van der Waals surface area contributed by atoms with Crippen LogP contribution in [0.2, 0.25) is 0 Å². The largest absolute Gasteiger partial charge is 0.416 e. The molecule has 4 heteroatoms. The monoisotopic (exact) mass is 231 g/mol. The summed E-state index contributed by atoms with van der Waals surface area (Å²) in [7, 11) is 0. The number of halogens is 3. The minimum Gasteiger partial charge on any atom is -0.313 e. The maximum Gasteiger partial charge on any atom is 0.416 e. The number of nitrogens with one attached hydrogen (secondary N) is 1. The van der Waals surface area contributed by atoms with Gasteiger partial charge < -0.3 is 5.32 Å². The molecule has 0 radical (unpaired) electrons. The summed E-state index contributed by atoms with van der Waals surface area (Å²) in [5.74, 6) is 0.228. The molecule has 90 valence electrons. The summed E-state index contributed by atoms with van der Waals surface area (Å²) in [6.45, 7) is 0.991. The molecule has 0 aromatic carbocycles. The molecule has 2 aliphatic rings. The van der Waals surface area contributed by atoms with E-state index in [0.29, 0.717) is 12.5 Å². The molecule has 1 saturated heterocycles. The van der Waals surface area contributed by atoms with Crippen molar-refractivity contribution in [1.29, 1.82) is 0 Å². The van der Waals surface area contributed by atoms with Gasteiger partial charge in [0.25, 0.3) is 0 Å². The summed E-state index contributed by atoms with van der Waals surface area (Å²) >= 11 is 0. The van der Waals surface area contributed by atoms with Gasteiger partial charge >= 0.3 is 6.18 Å². The fourth-order valence-electron chi connectivity index (χ4n) is 2.39. The first-order valence-corrected chi connectivity index (χ1v) is 5.76. The number of hydrogen-bond acceptors (Lipinski definition) is 1. The summed E-state index contributed by atoms with van der Waals surface area (Å²) in [5, 5.41) is 3.38. The molecule has 1 aliphatic heterocycles. The van der Waals surface area contributed by atoms with Gasteiger partial charge in [0.05, 0.1) is 5.57 Å². The van der Waals surface area contributed by atoms with E-state index in [9.17, 15) is 13.2 Å². The summed E-state index contributed by atoms with van der Waals surface area (Å²) in [6.07, 6.45) is 4.00. The molecular weight excluding hydrogens is 215 g/mol. The van der Waals surface area contributed by atoms with Crippen molar-refractivity contribution in [2.24, 2.45) is 5.92 Å². The Morgan fingerprint density at radius 1 is 1.25 bits per heavy atom. The van der Waals surface area contributed by atoms with Crippen LogP contribution in [0.5, 0.6) is 0 Å². The Morgan fingerprint density at radius 3 is 2.56 bits per heavy atom. The van der Waals surface area contributed by atoms with Crippen molar-refractivity contribution >= 4 is 0 Å². The van der Waals surface area contributed by atoms with E-state index in [1.807, 2.05) is 0 Å². The normalized spacial score (nSPS) is 31.3. The van der Waals surface area contributed by atoms with Gasteiger partial charge in [0.15, 0.2) is 0 Å². The lowest BCUT2D eigenvalue weighted by Gasteiger charge is -2.30. The predicted octanol–water partition coefficient (Wildman–Crippen LogP) is 3.19. The molecule has 16 heavy (non-hydrogen) atoms. The van der Waals surface area contributed by atoms with Gasteiger partial charge in [-0.1, -0.05) is 24.6 Å². The van der Waals surface area contributed by atoms with Crippen LogP contribution in [0.3, 0.4) is 0 Å². The fraction of sp³-hybridized carbons (Fsp3) is 0.667. The van der Waals surface area contributed by atoms with E-state index in [1.54, 1.807) is 6.08 Å². The van der Waals surface area contributed by atoms with Crippen molar-refractivity contribution in [2.75, 3.05) is 6.54 Å². The quantitative estimate of drug-likeness (QED) is 0.730. The third-order valence-corrected chi connectivity index (χ3v) is 3.33. The third kappa shape index (κ3) is 2.67.